The zero-order chi connectivity index (χ0) is 12.3. The Morgan fingerprint density at radius 1 is 1.53 bits per heavy atom. The van der Waals surface area contributed by atoms with Crippen LogP contribution < -0.4 is 0 Å². The average Bonchev–Trinajstić information content (AvgIpc) is 2.32. The Bertz CT molecular complexity index is 408. The summed E-state index contributed by atoms with van der Waals surface area (Å²) in [6, 6.07) is 6.40. The normalized spacial score (nSPS) is 20.4. The van der Waals surface area contributed by atoms with Gasteiger partial charge >= 0.3 is 0 Å². The van der Waals surface area contributed by atoms with Crippen LogP contribution in [0.25, 0.3) is 0 Å². The number of benzene rings is 1. The molecule has 0 saturated carbocycles. The van der Waals surface area contributed by atoms with Crippen molar-refractivity contribution in [1.82, 2.24) is 4.90 Å². The van der Waals surface area contributed by atoms with Crippen LogP contribution in [0.5, 0.6) is 0 Å². The molecule has 92 valence electrons. The topological polar surface area (TPSA) is 29.5 Å². The van der Waals surface area contributed by atoms with Crippen LogP contribution in [0.2, 0.25) is 0 Å². The van der Waals surface area contributed by atoms with Crippen LogP contribution >= 0.6 is 0 Å². The number of hydrogen-bond acceptors (Lipinski definition) is 2. The van der Waals surface area contributed by atoms with Crippen molar-refractivity contribution in [2.45, 2.75) is 19.4 Å². The number of carbonyl (C=O) groups excluding carboxylic acids is 1. The number of amides is 1. The second-order valence-corrected chi connectivity index (χ2v) is 4.29. The third kappa shape index (κ3) is 3.03. The van der Waals surface area contributed by atoms with Gasteiger partial charge < -0.3 is 9.64 Å². The summed E-state index contributed by atoms with van der Waals surface area (Å²) in [5, 5.41) is 0. The summed E-state index contributed by atoms with van der Waals surface area (Å²) in [6.07, 6.45) is 0.188. The Morgan fingerprint density at radius 3 is 3.00 bits per heavy atom. The predicted molar refractivity (Wildman–Crippen MR) is 62.1 cm³/mol. The van der Waals surface area contributed by atoms with E-state index in [-0.39, 0.29) is 24.2 Å². The standard InChI is InChI=1S/C13H16FNO2/c1-10-9-15(6-7-17-10)13(16)8-11-4-2-3-5-12(11)14/h2-5,10H,6-9H2,1H3. The Hall–Kier alpha value is -1.42. The van der Waals surface area contributed by atoms with Crippen LogP contribution in [-0.4, -0.2) is 36.6 Å². The van der Waals surface area contributed by atoms with Gasteiger partial charge in [-0.15, -0.1) is 0 Å². The zero-order valence-electron chi connectivity index (χ0n) is 9.86. The molecular weight excluding hydrogens is 221 g/mol. The van der Waals surface area contributed by atoms with Gasteiger partial charge in [-0.1, -0.05) is 18.2 Å². The molecule has 1 unspecified atom stereocenters. The Balaban J connectivity index is 1.99. The number of carbonyl (C=O) groups is 1. The Kier molecular flexibility index (Phi) is 3.74. The van der Waals surface area contributed by atoms with E-state index in [0.717, 1.165) is 0 Å². The minimum absolute atomic E-state index is 0.0368. The predicted octanol–water partition coefficient (Wildman–Crippen LogP) is 1.62. The molecule has 17 heavy (non-hydrogen) atoms. The lowest BCUT2D eigenvalue weighted by Gasteiger charge is -2.31. The molecule has 1 atom stereocenters. The fourth-order valence-electron chi connectivity index (χ4n) is 1.96. The van der Waals surface area contributed by atoms with Crippen LogP contribution in [0, 0.1) is 5.82 Å². The molecule has 1 heterocycles. The van der Waals surface area contributed by atoms with Gasteiger partial charge in [0.15, 0.2) is 0 Å². The minimum Gasteiger partial charge on any atom is -0.375 e. The van der Waals surface area contributed by atoms with Gasteiger partial charge in [-0.05, 0) is 18.6 Å². The van der Waals surface area contributed by atoms with E-state index in [0.29, 0.717) is 25.3 Å². The summed E-state index contributed by atoms with van der Waals surface area (Å²) in [6.45, 7) is 3.68. The average molecular weight is 237 g/mol. The number of ether oxygens (including phenoxy) is 1. The molecular formula is C13H16FNO2. The first-order valence-corrected chi connectivity index (χ1v) is 5.79. The van der Waals surface area contributed by atoms with Gasteiger partial charge in [0.2, 0.25) is 5.91 Å². The lowest BCUT2D eigenvalue weighted by Crippen LogP contribution is -2.45. The first-order chi connectivity index (χ1) is 8.16. The van der Waals surface area contributed by atoms with Gasteiger partial charge in [-0.25, -0.2) is 4.39 Å². The fraction of sp³-hybridized carbons (Fsp3) is 0.462. The van der Waals surface area contributed by atoms with Gasteiger partial charge in [0.05, 0.1) is 19.1 Å². The molecule has 1 aliphatic rings. The minimum atomic E-state index is -0.317. The summed E-state index contributed by atoms with van der Waals surface area (Å²) in [5.41, 5.74) is 0.455. The Labute approximate surface area is 100 Å². The summed E-state index contributed by atoms with van der Waals surface area (Å²) in [7, 11) is 0. The van der Waals surface area contributed by atoms with Crippen LogP contribution in [0.1, 0.15) is 12.5 Å². The van der Waals surface area contributed by atoms with E-state index in [1.165, 1.54) is 6.07 Å². The fourth-order valence-corrected chi connectivity index (χ4v) is 1.96. The third-order valence-electron chi connectivity index (χ3n) is 2.89. The molecule has 1 aromatic carbocycles. The van der Waals surface area contributed by atoms with Crippen molar-refractivity contribution >= 4 is 5.91 Å². The SMILES string of the molecule is CC1CN(C(=O)Cc2ccccc2F)CCO1. The smallest absolute Gasteiger partial charge is 0.227 e. The molecule has 1 aromatic rings. The summed E-state index contributed by atoms with van der Waals surface area (Å²) < 4.78 is 18.8. The van der Waals surface area contributed by atoms with Crippen molar-refractivity contribution in [3.63, 3.8) is 0 Å². The van der Waals surface area contributed by atoms with Gasteiger partial charge in [0, 0.05) is 13.1 Å². The van der Waals surface area contributed by atoms with E-state index in [4.69, 9.17) is 4.74 Å². The van der Waals surface area contributed by atoms with Crippen LogP contribution in [0.4, 0.5) is 4.39 Å². The van der Waals surface area contributed by atoms with Crippen molar-refractivity contribution in [1.29, 1.82) is 0 Å². The molecule has 0 radical (unpaired) electrons. The summed E-state index contributed by atoms with van der Waals surface area (Å²) in [5.74, 6) is -0.354. The molecule has 0 aromatic heterocycles. The molecule has 0 spiro atoms. The van der Waals surface area contributed by atoms with Gasteiger partial charge in [-0.2, -0.15) is 0 Å². The quantitative estimate of drug-likeness (QED) is 0.782. The first-order valence-electron chi connectivity index (χ1n) is 5.79. The van der Waals surface area contributed by atoms with Crippen molar-refractivity contribution in [2.24, 2.45) is 0 Å². The van der Waals surface area contributed by atoms with Crippen LogP contribution in [0.15, 0.2) is 24.3 Å². The monoisotopic (exact) mass is 237 g/mol. The lowest BCUT2D eigenvalue weighted by molar-refractivity contribution is -0.137. The maximum Gasteiger partial charge on any atom is 0.227 e. The van der Waals surface area contributed by atoms with E-state index in [1.54, 1.807) is 23.1 Å². The molecule has 0 bridgehead atoms. The number of rotatable bonds is 2. The van der Waals surface area contributed by atoms with E-state index < -0.39 is 0 Å². The Morgan fingerprint density at radius 2 is 2.29 bits per heavy atom. The van der Waals surface area contributed by atoms with E-state index >= 15 is 0 Å². The highest BCUT2D eigenvalue weighted by Gasteiger charge is 2.21. The highest BCUT2D eigenvalue weighted by atomic mass is 19.1. The number of halogens is 1. The second kappa shape index (κ2) is 5.27. The van der Waals surface area contributed by atoms with E-state index in [2.05, 4.69) is 0 Å². The van der Waals surface area contributed by atoms with Crippen molar-refractivity contribution in [2.75, 3.05) is 19.7 Å². The highest BCUT2D eigenvalue weighted by Crippen LogP contribution is 2.11. The maximum absolute atomic E-state index is 13.4. The van der Waals surface area contributed by atoms with Gasteiger partial charge in [0.25, 0.3) is 0 Å². The second-order valence-electron chi connectivity index (χ2n) is 4.29. The van der Waals surface area contributed by atoms with Crippen molar-refractivity contribution in [3.05, 3.63) is 35.6 Å². The zero-order valence-corrected chi connectivity index (χ0v) is 9.86. The van der Waals surface area contributed by atoms with Gasteiger partial charge in [-0.3, -0.25) is 4.79 Å². The molecule has 1 amide bonds. The van der Waals surface area contributed by atoms with Crippen LogP contribution in [0.3, 0.4) is 0 Å². The molecule has 2 rings (SSSR count). The lowest BCUT2D eigenvalue weighted by atomic mass is 10.1. The summed E-state index contributed by atoms with van der Waals surface area (Å²) >= 11 is 0. The molecule has 1 aliphatic heterocycles. The van der Waals surface area contributed by atoms with E-state index in [9.17, 15) is 9.18 Å². The molecule has 0 aliphatic carbocycles. The molecule has 1 saturated heterocycles. The summed E-state index contributed by atoms with van der Waals surface area (Å²) in [4.78, 5) is 13.7. The molecule has 1 fully saturated rings. The van der Waals surface area contributed by atoms with Crippen LogP contribution in [-0.2, 0) is 16.0 Å². The number of nitrogens with zero attached hydrogens (tertiary/aromatic N) is 1. The number of morpholine rings is 1. The highest BCUT2D eigenvalue weighted by molar-refractivity contribution is 5.78. The van der Waals surface area contributed by atoms with Crippen molar-refractivity contribution < 1.29 is 13.9 Å². The van der Waals surface area contributed by atoms with Crippen molar-refractivity contribution in [3.8, 4) is 0 Å². The van der Waals surface area contributed by atoms with Gasteiger partial charge in [0.1, 0.15) is 5.82 Å². The third-order valence-corrected chi connectivity index (χ3v) is 2.89. The molecule has 0 N–H and O–H groups in total. The maximum atomic E-state index is 13.4. The molecule has 4 heteroatoms. The first kappa shape index (κ1) is 12.0. The van der Waals surface area contributed by atoms with E-state index in [1.807, 2.05) is 6.92 Å². The number of hydrogen-bond donors (Lipinski definition) is 0. The largest absolute Gasteiger partial charge is 0.375 e. The molecule has 3 nitrogen and oxygen atoms in total.